The minimum Gasteiger partial charge on any atom is -0.384 e. The molecule has 0 fully saturated rings. The minimum absolute atomic E-state index is 0.335. The molecule has 0 aliphatic heterocycles. The second-order valence-corrected chi connectivity index (χ2v) is 4.76. The topological polar surface area (TPSA) is 34.1 Å². The molecule has 0 amide bonds. The second-order valence-electron chi connectivity index (χ2n) is 3.91. The van der Waals surface area contributed by atoms with Crippen LogP contribution in [0.5, 0.6) is 0 Å². The van der Waals surface area contributed by atoms with Crippen molar-refractivity contribution in [3.8, 4) is 0 Å². The van der Waals surface area contributed by atoms with Crippen molar-refractivity contribution in [2.75, 3.05) is 18.5 Å². The first-order chi connectivity index (χ1) is 7.70. The summed E-state index contributed by atoms with van der Waals surface area (Å²) in [6.45, 7) is 5.93. The van der Waals surface area contributed by atoms with Crippen LogP contribution in [-0.4, -0.2) is 24.2 Å². The van der Waals surface area contributed by atoms with Crippen LogP contribution < -0.4 is 5.32 Å². The van der Waals surface area contributed by atoms with Gasteiger partial charge in [-0.05, 0) is 48.7 Å². The standard InChI is InChI=1S/C12H19BrN2O/c1-10(2)16-8-4-3-6-15-12-5-7-14-9-11(12)13/h5,7,9-10H,3-4,6,8H2,1-2H3,(H,14,15). The maximum absolute atomic E-state index is 5.47. The predicted molar refractivity (Wildman–Crippen MR) is 70.7 cm³/mol. The Labute approximate surface area is 106 Å². The van der Waals surface area contributed by atoms with E-state index in [0.717, 1.165) is 36.2 Å². The van der Waals surface area contributed by atoms with Crippen molar-refractivity contribution in [3.63, 3.8) is 0 Å². The molecule has 0 aliphatic rings. The smallest absolute Gasteiger partial charge is 0.0590 e. The van der Waals surface area contributed by atoms with Gasteiger partial charge in [0.05, 0.1) is 16.3 Å². The molecule has 0 radical (unpaired) electrons. The van der Waals surface area contributed by atoms with Gasteiger partial charge in [-0.25, -0.2) is 0 Å². The van der Waals surface area contributed by atoms with E-state index in [9.17, 15) is 0 Å². The fourth-order valence-electron chi connectivity index (χ4n) is 1.29. The van der Waals surface area contributed by atoms with Gasteiger partial charge in [0.2, 0.25) is 0 Å². The van der Waals surface area contributed by atoms with Crippen molar-refractivity contribution in [3.05, 3.63) is 22.9 Å². The maximum Gasteiger partial charge on any atom is 0.0590 e. The van der Waals surface area contributed by atoms with Crippen LogP contribution >= 0.6 is 15.9 Å². The van der Waals surface area contributed by atoms with Gasteiger partial charge in [-0.3, -0.25) is 4.98 Å². The fourth-order valence-corrected chi connectivity index (χ4v) is 1.68. The van der Waals surface area contributed by atoms with Gasteiger partial charge in [0, 0.05) is 25.5 Å². The van der Waals surface area contributed by atoms with Gasteiger partial charge in [0.15, 0.2) is 0 Å². The highest BCUT2D eigenvalue weighted by atomic mass is 79.9. The van der Waals surface area contributed by atoms with Crippen LogP contribution in [0.25, 0.3) is 0 Å². The molecule has 0 saturated heterocycles. The van der Waals surface area contributed by atoms with Crippen molar-refractivity contribution >= 4 is 21.6 Å². The van der Waals surface area contributed by atoms with Crippen molar-refractivity contribution in [2.45, 2.75) is 32.8 Å². The third kappa shape index (κ3) is 5.47. The zero-order valence-corrected chi connectivity index (χ0v) is 11.5. The van der Waals surface area contributed by atoms with Crippen molar-refractivity contribution in [2.24, 2.45) is 0 Å². The lowest BCUT2D eigenvalue weighted by Crippen LogP contribution is -2.07. The van der Waals surface area contributed by atoms with Gasteiger partial charge in [-0.15, -0.1) is 0 Å². The van der Waals surface area contributed by atoms with E-state index in [1.165, 1.54) is 0 Å². The molecule has 16 heavy (non-hydrogen) atoms. The molecule has 3 nitrogen and oxygen atoms in total. The molecule has 1 aromatic rings. The molecule has 0 bridgehead atoms. The highest BCUT2D eigenvalue weighted by molar-refractivity contribution is 9.10. The van der Waals surface area contributed by atoms with Gasteiger partial charge in [-0.1, -0.05) is 0 Å². The van der Waals surface area contributed by atoms with Crippen LogP contribution in [0.3, 0.4) is 0 Å². The van der Waals surface area contributed by atoms with E-state index >= 15 is 0 Å². The Kier molecular flexibility index (Phi) is 6.42. The number of rotatable bonds is 7. The van der Waals surface area contributed by atoms with E-state index in [2.05, 4.69) is 40.1 Å². The lowest BCUT2D eigenvalue weighted by Gasteiger charge is -2.09. The molecule has 0 atom stereocenters. The first-order valence-corrected chi connectivity index (χ1v) is 6.44. The number of anilines is 1. The molecule has 0 spiro atoms. The Hall–Kier alpha value is -0.610. The molecule has 1 aromatic heterocycles. The number of pyridine rings is 1. The zero-order chi connectivity index (χ0) is 11.8. The van der Waals surface area contributed by atoms with E-state index in [1.807, 2.05) is 6.07 Å². The van der Waals surface area contributed by atoms with Crippen molar-refractivity contribution < 1.29 is 4.74 Å². The van der Waals surface area contributed by atoms with Crippen LogP contribution in [0.1, 0.15) is 26.7 Å². The van der Waals surface area contributed by atoms with E-state index in [1.54, 1.807) is 12.4 Å². The molecule has 90 valence electrons. The number of halogens is 1. The highest BCUT2D eigenvalue weighted by Gasteiger charge is 1.97. The quantitative estimate of drug-likeness (QED) is 0.780. The van der Waals surface area contributed by atoms with Gasteiger partial charge < -0.3 is 10.1 Å². The molecule has 0 unspecified atom stereocenters. The number of hydrogen-bond donors (Lipinski definition) is 1. The summed E-state index contributed by atoms with van der Waals surface area (Å²) in [6.07, 6.45) is 6.12. The van der Waals surface area contributed by atoms with Crippen molar-refractivity contribution in [1.29, 1.82) is 0 Å². The van der Waals surface area contributed by atoms with E-state index in [0.29, 0.717) is 6.10 Å². The number of ether oxygens (including phenoxy) is 1. The second kappa shape index (κ2) is 7.63. The Balaban J connectivity index is 2.10. The average Bonchev–Trinajstić information content (AvgIpc) is 2.25. The van der Waals surface area contributed by atoms with E-state index < -0.39 is 0 Å². The summed E-state index contributed by atoms with van der Waals surface area (Å²) in [5, 5.41) is 3.36. The summed E-state index contributed by atoms with van der Waals surface area (Å²) in [4.78, 5) is 4.02. The number of aromatic nitrogens is 1. The van der Waals surface area contributed by atoms with E-state index in [-0.39, 0.29) is 0 Å². The Morgan fingerprint density at radius 1 is 1.44 bits per heavy atom. The molecule has 1 rings (SSSR count). The summed E-state index contributed by atoms with van der Waals surface area (Å²) < 4.78 is 6.48. The monoisotopic (exact) mass is 286 g/mol. The summed E-state index contributed by atoms with van der Waals surface area (Å²) in [6, 6.07) is 1.97. The Morgan fingerprint density at radius 3 is 2.94 bits per heavy atom. The zero-order valence-electron chi connectivity index (χ0n) is 9.87. The van der Waals surface area contributed by atoms with Gasteiger partial charge in [-0.2, -0.15) is 0 Å². The average molecular weight is 287 g/mol. The third-order valence-corrected chi connectivity index (χ3v) is 2.74. The van der Waals surface area contributed by atoms with Crippen LogP contribution in [0, 0.1) is 0 Å². The molecular weight excluding hydrogens is 268 g/mol. The predicted octanol–water partition coefficient (Wildman–Crippen LogP) is 3.46. The van der Waals surface area contributed by atoms with Gasteiger partial charge in [0.25, 0.3) is 0 Å². The summed E-state index contributed by atoms with van der Waals surface area (Å²) in [5.41, 5.74) is 1.10. The molecule has 0 aromatic carbocycles. The molecular formula is C12H19BrN2O. The molecule has 1 N–H and O–H groups in total. The summed E-state index contributed by atoms with van der Waals surface area (Å²) in [5.74, 6) is 0. The maximum atomic E-state index is 5.47. The number of nitrogens with one attached hydrogen (secondary N) is 1. The number of nitrogens with zero attached hydrogens (tertiary/aromatic N) is 1. The van der Waals surface area contributed by atoms with Crippen molar-refractivity contribution in [1.82, 2.24) is 4.98 Å². The fraction of sp³-hybridized carbons (Fsp3) is 0.583. The lowest BCUT2D eigenvalue weighted by atomic mass is 10.3. The van der Waals surface area contributed by atoms with Crippen LogP contribution in [-0.2, 0) is 4.74 Å². The van der Waals surface area contributed by atoms with Crippen LogP contribution in [0.2, 0.25) is 0 Å². The molecule has 4 heteroatoms. The largest absolute Gasteiger partial charge is 0.384 e. The molecule has 0 saturated carbocycles. The number of unbranched alkanes of at least 4 members (excludes halogenated alkanes) is 1. The lowest BCUT2D eigenvalue weighted by molar-refractivity contribution is 0.0765. The van der Waals surface area contributed by atoms with Gasteiger partial charge >= 0.3 is 0 Å². The van der Waals surface area contributed by atoms with Gasteiger partial charge in [0.1, 0.15) is 0 Å². The molecule has 0 aliphatic carbocycles. The minimum atomic E-state index is 0.335. The van der Waals surface area contributed by atoms with E-state index in [4.69, 9.17) is 4.74 Å². The normalized spacial score (nSPS) is 10.8. The molecule has 1 heterocycles. The first kappa shape index (κ1) is 13.5. The summed E-state index contributed by atoms with van der Waals surface area (Å²) in [7, 11) is 0. The Morgan fingerprint density at radius 2 is 2.25 bits per heavy atom. The Bertz CT molecular complexity index is 305. The SMILES string of the molecule is CC(C)OCCCCNc1ccncc1Br. The summed E-state index contributed by atoms with van der Waals surface area (Å²) >= 11 is 3.45. The number of hydrogen-bond acceptors (Lipinski definition) is 3. The third-order valence-electron chi connectivity index (χ3n) is 2.11. The van der Waals surface area contributed by atoms with Crippen LogP contribution in [0.15, 0.2) is 22.9 Å². The first-order valence-electron chi connectivity index (χ1n) is 5.65. The van der Waals surface area contributed by atoms with Crippen LogP contribution in [0.4, 0.5) is 5.69 Å². The highest BCUT2D eigenvalue weighted by Crippen LogP contribution is 2.19.